The second-order valence-electron chi connectivity index (χ2n) is 5.90. The van der Waals surface area contributed by atoms with Crippen molar-refractivity contribution in [3.05, 3.63) is 53.1 Å². The first kappa shape index (κ1) is 15.4. The summed E-state index contributed by atoms with van der Waals surface area (Å²) >= 11 is 1.72. The number of aromatic amines is 1. The molecule has 0 radical (unpaired) electrons. The summed E-state index contributed by atoms with van der Waals surface area (Å²) in [5, 5.41) is 9.44. The van der Waals surface area contributed by atoms with Gasteiger partial charge in [0.2, 0.25) is 0 Å². The highest BCUT2D eigenvalue weighted by Crippen LogP contribution is 2.28. The van der Waals surface area contributed by atoms with Gasteiger partial charge in [-0.05, 0) is 24.4 Å². The first-order valence-corrected chi connectivity index (χ1v) is 8.87. The minimum atomic E-state index is -0.0734. The zero-order chi connectivity index (χ0) is 16.4. The van der Waals surface area contributed by atoms with E-state index in [-0.39, 0.29) is 6.10 Å². The van der Waals surface area contributed by atoms with Gasteiger partial charge in [-0.25, -0.2) is 9.97 Å². The van der Waals surface area contributed by atoms with Crippen LogP contribution in [0.4, 0.5) is 0 Å². The highest BCUT2D eigenvalue weighted by Gasteiger charge is 2.25. The van der Waals surface area contributed by atoms with Gasteiger partial charge in [0.25, 0.3) is 0 Å². The minimum absolute atomic E-state index is 0.0734. The molecule has 6 nitrogen and oxygen atoms in total. The molecule has 1 aliphatic rings. The molecule has 3 aromatic heterocycles. The van der Waals surface area contributed by atoms with Gasteiger partial charge in [-0.15, -0.1) is 11.3 Å². The lowest BCUT2D eigenvalue weighted by Crippen LogP contribution is -2.38. The van der Waals surface area contributed by atoms with Gasteiger partial charge in [-0.1, -0.05) is 6.07 Å². The van der Waals surface area contributed by atoms with Gasteiger partial charge in [0.15, 0.2) is 5.82 Å². The Balaban J connectivity index is 1.49. The maximum absolute atomic E-state index is 5.88. The van der Waals surface area contributed by atoms with Gasteiger partial charge in [-0.2, -0.15) is 5.10 Å². The molecule has 0 aromatic carbocycles. The van der Waals surface area contributed by atoms with E-state index in [0.717, 1.165) is 36.8 Å². The van der Waals surface area contributed by atoms with Crippen molar-refractivity contribution in [2.24, 2.45) is 0 Å². The Labute approximate surface area is 144 Å². The SMILES string of the molecule is Cc1ccnc([C@@H]2CN(Cc3cn[nH]c3-c3cccs3)CCO2)n1. The summed E-state index contributed by atoms with van der Waals surface area (Å²) in [5.74, 6) is 0.769. The smallest absolute Gasteiger partial charge is 0.158 e. The normalized spacial score (nSPS) is 18.8. The molecule has 0 unspecified atom stereocenters. The number of H-pyrrole nitrogens is 1. The number of nitrogens with zero attached hydrogens (tertiary/aromatic N) is 4. The lowest BCUT2D eigenvalue weighted by Gasteiger charge is -2.32. The van der Waals surface area contributed by atoms with Gasteiger partial charge in [0, 0.05) is 37.1 Å². The van der Waals surface area contributed by atoms with E-state index in [1.807, 2.05) is 19.2 Å². The summed E-state index contributed by atoms with van der Waals surface area (Å²) in [6.07, 6.45) is 3.64. The van der Waals surface area contributed by atoms with Gasteiger partial charge < -0.3 is 4.74 Å². The van der Waals surface area contributed by atoms with E-state index in [4.69, 9.17) is 4.74 Å². The maximum Gasteiger partial charge on any atom is 0.158 e. The van der Waals surface area contributed by atoms with Crippen LogP contribution in [0.1, 0.15) is 23.2 Å². The van der Waals surface area contributed by atoms with Crippen molar-refractivity contribution < 1.29 is 4.74 Å². The Kier molecular flexibility index (Phi) is 4.38. The summed E-state index contributed by atoms with van der Waals surface area (Å²) < 4.78 is 5.88. The molecule has 1 aliphatic heterocycles. The number of hydrogen-bond donors (Lipinski definition) is 1. The van der Waals surface area contributed by atoms with Crippen molar-refractivity contribution in [3.63, 3.8) is 0 Å². The van der Waals surface area contributed by atoms with Crippen molar-refractivity contribution in [2.75, 3.05) is 19.7 Å². The summed E-state index contributed by atoms with van der Waals surface area (Å²) in [5.41, 5.74) is 3.29. The van der Waals surface area contributed by atoms with Crippen LogP contribution >= 0.6 is 11.3 Å². The second kappa shape index (κ2) is 6.80. The number of thiophene rings is 1. The van der Waals surface area contributed by atoms with Crippen LogP contribution in [0.3, 0.4) is 0 Å². The molecule has 4 heterocycles. The van der Waals surface area contributed by atoms with Crippen molar-refractivity contribution in [2.45, 2.75) is 19.6 Å². The second-order valence-corrected chi connectivity index (χ2v) is 6.85. The number of ether oxygens (including phenoxy) is 1. The fraction of sp³-hybridized carbons (Fsp3) is 0.353. The molecule has 24 heavy (non-hydrogen) atoms. The number of aryl methyl sites for hydroxylation is 1. The van der Waals surface area contributed by atoms with Gasteiger partial charge in [0.05, 0.1) is 23.4 Å². The van der Waals surface area contributed by atoms with Crippen molar-refractivity contribution >= 4 is 11.3 Å². The van der Waals surface area contributed by atoms with Crippen molar-refractivity contribution in [1.82, 2.24) is 25.1 Å². The van der Waals surface area contributed by atoms with E-state index in [9.17, 15) is 0 Å². The molecule has 1 atom stereocenters. The third-order valence-electron chi connectivity index (χ3n) is 4.13. The zero-order valence-corrected chi connectivity index (χ0v) is 14.3. The quantitative estimate of drug-likeness (QED) is 0.790. The average molecular weight is 341 g/mol. The molecule has 0 spiro atoms. The molecule has 0 saturated carbocycles. The first-order valence-electron chi connectivity index (χ1n) is 7.99. The Hall–Kier alpha value is -2.09. The van der Waals surface area contributed by atoms with E-state index >= 15 is 0 Å². The number of morpholine rings is 1. The summed E-state index contributed by atoms with van der Waals surface area (Å²) in [6, 6.07) is 6.08. The van der Waals surface area contributed by atoms with E-state index in [0.29, 0.717) is 6.61 Å². The van der Waals surface area contributed by atoms with Crippen molar-refractivity contribution in [1.29, 1.82) is 0 Å². The Bertz CT molecular complexity index is 801. The number of rotatable bonds is 4. The molecular formula is C17H19N5OS. The standard InChI is InChI=1S/C17H19N5OS/c1-12-4-5-18-17(20-12)14-11-22(6-7-23-14)10-13-9-19-21-16(13)15-3-2-8-24-15/h2-5,8-9,14H,6-7,10-11H2,1H3,(H,19,21)/t14-/m0/s1. The molecule has 1 N–H and O–H groups in total. The topological polar surface area (TPSA) is 66.9 Å². The van der Waals surface area contributed by atoms with Crippen LogP contribution in [-0.4, -0.2) is 44.8 Å². The maximum atomic E-state index is 5.88. The Morgan fingerprint density at radius 2 is 2.38 bits per heavy atom. The van der Waals surface area contributed by atoms with Crippen LogP contribution in [0.15, 0.2) is 36.0 Å². The molecule has 1 fully saturated rings. The largest absolute Gasteiger partial charge is 0.368 e. The predicted octanol–water partition coefficient (Wildman–Crippen LogP) is 2.81. The van der Waals surface area contributed by atoms with Crippen LogP contribution in [0.2, 0.25) is 0 Å². The fourth-order valence-corrected chi connectivity index (χ4v) is 3.69. The molecule has 7 heteroatoms. The minimum Gasteiger partial charge on any atom is -0.368 e. The van der Waals surface area contributed by atoms with Crippen LogP contribution in [0.25, 0.3) is 10.6 Å². The molecule has 124 valence electrons. The summed E-state index contributed by atoms with van der Waals surface area (Å²) in [4.78, 5) is 12.5. The van der Waals surface area contributed by atoms with E-state index in [1.165, 1.54) is 10.4 Å². The molecule has 4 rings (SSSR count). The highest BCUT2D eigenvalue weighted by molar-refractivity contribution is 7.13. The molecule has 0 bridgehead atoms. The van der Waals surface area contributed by atoms with Gasteiger partial charge in [0.1, 0.15) is 6.10 Å². The fourth-order valence-electron chi connectivity index (χ4n) is 2.93. The lowest BCUT2D eigenvalue weighted by atomic mass is 10.1. The highest BCUT2D eigenvalue weighted by atomic mass is 32.1. The van der Waals surface area contributed by atoms with Gasteiger partial charge >= 0.3 is 0 Å². The third kappa shape index (κ3) is 3.24. The molecule has 0 aliphatic carbocycles. The van der Waals surface area contributed by atoms with Crippen LogP contribution in [-0.2, 0) is 11.3 Å². The monoisotopic (exact) mass is 341 g/mol. The summed E-state index contributed by atoms with van der Waals surface area (Å²) in [6.45, 7) is 5.20. The first-order chi connectivity index (χ1) is 11.8. The number of nitrogens with one attached hydrogen (secondary N) is 1. The Morgan fingerprint density at radius 1 is 1.42 bits per heavy atom. The zero-order valence-electron chi connectivity index (χ0n) is 13.5. The van der Waals surface area contributed by atoms with Crippen molar-refractivity contribution in [3.8, 4) is 10.6 Å². The van der Waals surface area contributed by atoms with E-state index < -0.39 is 0 Å². The van der Waals surface area contributed by atoms with E-state index in [2.05, 4.69) is 42.6 Å². The Morgan fingerprint density at radius 3 is 3.21 bits per heavy atom. The molecular weight excluding hydrogens is 322 g/mol. The summed E-state index contributed by atoms with van der Waals surface area (Å²) in [7, 11) is 0. The third-order valence-corrected chi connectivity index (χ3v) is 5.02. The van der Waals surface area contributed by atoms with Crippen LogP contribution < -0.4 is 0 Å². The van der Waals surface area contributed by atoms with Crippen LogP contribution in [0, 0.1) is 6.92 Å². The molecule has 0 amide bonds. The number of aromatic nitrogens is 4. The molecule has 3 aromatic rings. The number of hydrogen-bond acceptors (Lipinski definition) is 6. The van der Waals surface area contributed by atoms with Crippen LogP contribution in [0.5, 0.6) is 0 Å². The van der Waals surface area contributed by atoms with Gasteiger partial charge in [-0.3, -0.25) is 10.00 Å². The predicted molar refractivity (Wildman–Crippen MR) is 92.6 cm³/mol. The lowest BCUT2D eigenvalue weighted by molar-refractivity contribution is -0.0372. The van der Waals surface area contributed by atoms with E-state index in [1.54, 1.807) is 17.5 Å². The molecule has 1 saturated heterocycles. The average Bonchev–Trinajstić information content (AvgIpc) is 3.26.